The fraction of sp³-hybridized carbons (Fsp3) is 0.310. The Morgan fingerprint density at radius 2 is 1.76 bits per heavy atom. The number of halogens is 2. The monoisotopic (exact) mass is 555 g/mol. The van der Waals surface area contributed by atoms with Crippen LogP contribution < -0.4 is 11.1 Å². The van der Waals surface area contributed by atoms with Crippen molar-refractivity contribution in [2.24, 2.45) is 0 Å². The number of hydrogen-bond acceptors (Lipinski definition) is 5. The van der Waals surface area contributed by atoms with Crippen LogP contribution in [0.25, 0.3) is 11.1 Å². The van der Waals surface area contributed by atoms with E-state index in [1.54, 1.807) is 23.1 Å². The Kier molecular flexibility index (Phi) is 9.77. The Balaban J connectivity index is 1.40. The maximum absolute atomic E-state index is 13.2. The molecule has 2 amide bonds. The number of benzene rings is 3. The van der Waals surface area contributed by atoms with Crippen LogP contribution in [0, 0.1) is 0 Å². The number of nitrogens with two attached hydrogens (primary N) is 2. The van der Waals surface area contributed by atoms with Gasteiger partial charge in [-0.15, -0.1) is 0 Å². The van der Waals surface area contributed by atoms with Crippen LogP contribution in [0.1, 0.15) is 18.4 Å². The molecule has 1 fully saturated rings. The minimum Gasteiger partial charge on any atom is -0.399 e. The summed E-state index contributed by atoms with van der Waals surface area (Å²) in [6, 6.07) is 20.8. The molecule has 38 heavy (non-hydrogen) atoms. The summed E-state index contributed by atoms with van der Waals surface area (Å²) in [6.07, 6.45) is 1.29. The molecule has 1 atom stereocenters. The van der Waals surface area contributed by atoms with E-state index in [0.717, 1.165) is 29.7 Å². The highest BCUT2D eigenvalue weighted by Gasteiger charge is 2.24. The van der Waals surface area contributed by atoms with E-state index >= 15 is 0 Å². The lowest BCUT2D eigenvalue weighted by Crippen LogP contribution is -2.84. The SMILES string of the molecule is Nc1cccc(-c2ccc(CCN(CC(=O)[NH2+]c3cc(Cl)cc(Cl)c3)C(=O)CCN3CC[C@@H](O)C3)cc2)c1. The highest BCUT2D eigenvalue weighted by Crippen LogP contribution is 2.22. The minimum atomic E-state index is -0.336. The highest BCUT2D eigenvalue weighted by atomic mass is 35.5. The van der Waals surface area contributed by atoms with Gasteiger partial charge in [-0.3, -0.25) is 4.79 Å². The van der Waals surface area contributed by atoms with Crippen molar-refractivity contribution in [2.45, 2.75) is 25.4 Å². The minimum absolute atomic E-state index is 0.0348. The van der Waals surface area contributed by atoms with E-state index in [1.807, 2.05) is 48.5 Å². The van der Waals surface area contributed by atoms with Gasteiger partial charge in [0.1, 0.15) is 12.2 Å². The molecule has 7 nitrogen and oxygen atoms in total. The van der Waals surface area contributed by atoms with E-state index in [0.29, 0.717) is 47.5 Å². The molecular formula is C29H33Cl2N4O3+. The van der Waals surface area contributed by atoms with Crippen molar-refractivity contribution in [1.29, 1.82) is 0 Å². The first-order valence-electron chi connectivity index (χ1n) is 12.7. The van der Waals surface area contributed by atoms with Gasteiger partial charge in [0, 0.05) is 60.5 Å². The number of nitrogen functional groups attached to an aromatic ring is 1. The number of β-amino-alcohol motifs (C(OH)–C–C–N with tert-alkyl or cyclic N) is 1. The van der Waals surface area contributed by atoms with E-state index in [9.17, 15) is 14.7 Å². The fourth-order valence-electron chi connectivity index (χ4n) is 4.64. The summed E-state index contributed by atoms with van der Waals surface area (Å²) in [5.41, 5.74) is 10.4. The molecule has 1 aliphatic rings. The number of amides is 2. The molecular weight excluding hydrogens is 523 g/mol. The van der Waals surface area contributed by atoms with Crippen molar-refractivity contribution in [3.05, 3.63) is 82.3 Å². The molecule has 0 aromatic heterocycles. The van der Waals surface area contributed by atoms with Crippen molar-refractivity contribution >= 4 is 46.4 Å². The fourth-order valence-corrected chi connectivity index (χ4v) is 5.19. The van der Waals surface area contributed by atoms with Crippen molar-refractivity contribution in [2.75, 3.05) is 38.5 Å². The predicted octanol–water partition coefficient (Wildman–Crippen LogP) is 3.49. The van der Waals surface area contributed by atoms with Crippen LogP contribution >= 0.6 is 23.2 Å². The molecule has 0 unspecified atom stereocenters. The Labute approximate surface area is 233 Å². The maximum Gasteiger partial charge on any atom is 0.334 e. The van der Waals surface area contributed by atoms with Crippen molar-refractivity contribution in [3.63, 3.8) is 0 Å². The number of hydrogen-bond donors (Lipinski definition) is 3. The quantitative estimate of drug-likeness (QED) is 0.332. The summed E-state index contributed by atoms with van der Waals surface area (Å²) < 4.78 is 0. The Bertz CT molecular complexity index is 1250. The van der Waals surface area contributed by atoms with Crippen molar-refractivity contribution in [1.82, 2.24) is 9.80 Å². The summed E-state index contributed by atoms with van der Waals surface area (Å²) in [5, 5.41) is 12.1. The molecule has 3 aromatic rings. The highest BCUT2D eigenvalue weighted by molar-refractivity contribution is 6.34. The average Bonchev–Trinajstić information content (AvgIpc) is 3.29. The lowest BCUT2D eigenvalue weighted by molar-refractivity contribution is -0.483. The second-order valence-electron chi connectivity index (χ2n) is 9.69. The predicted molar refractivity (Wildman–Crippen MR) is 151 cm³/mol. The van der Waals surface area contributed by atoms with Gasteiger partial charge < -0.3 is 20.6 Å². The summed E-state index contributed by atoms with van der Waals surface area (Å²) >= 11 is 12.1. The zero-order chi connectivity index (χ0) is 27.1. The molecule has 1 heterocycles. The molecule has 0 bridgehead atoms. The lowest BCUT2D eigenvalue weighted by atomic mass is 10.0. The van der Waals surface area contributed by atoms with Crippen LogP contribution in [0.2, 0.25) is 10.0 Å². The maximum atomic E-state index is 13.2. The van der Waals surface area contributed by atoms with E-state index in [1.165, 1.54) is 5.32 Å². The van der Waals surface area contributed by atoms with Gasteiger partial charge in [0.2, 0.25) is 5.91 Å². The van der Waals surface area contributed by atoms with Gasteiger partial charge in [0.15, 0.2) is 0 Å². The number of anilines is 1. The first kappa shape index (κ1) is 28.1. The number of quaternary nitrogens is 1. The molecule has 1 aliphatic heterocycles. The van der Waals surface area contributed by atoms with Crippen molar-refractivity contribution in [3.8, 4) is 11.1 Å². The average molecular weight is 557 g/mol. The van der Waals surface area contributed by atoms with Crippen LogP contribution in [0.15, 0.2) is 66.7 Å². The molecule has 5 N–H and O–H groups in total. The van der Waals surface area contributed by atoms with Crippen LogP contribution in [-0.4, -0.2) is 65.5 Å². The number of aliphatic hydroxyl groups excluding tert-OH is 1. The largest absolute Gasteiger partial charge is 0.399 e. The van der Waals surface area contributed by atoms with Crippen LogP contribution in [0.5, 0.6) is 0 Å². The van der Waals surface area contributed by atoms with E-state index in [2.05, 4.69) is 4.90 Å². The Morgan fingerprint density at radius 3 is 2.42 bits per heavy atom. The lowest BCUT2D eigenvalue weighted by Gasteiger charge is -2.23. The third-order valence-corrected chi connectivity index (χ3v) is 7.08. The molecule has 0 spiro atoms. The Morgan fingerprint density at radius 1 is 1.03 bits per heavy atom. The topological polar surface area (TPSA) is 103 Å². The number of carbonyl (C=O) groups excluding carboxylic acids is 2. The second kappa shape index (κ2) is 13.2. The van der Waals surface area contributed by atoms with E-state index < -0.39 is 0 Å². The van der Waals surface area contributed by atoms with Gasteiger partial charge in [-0.1, -0.05) is 59.6 Å². The first-order valence-corrected chi connectivity index (χ1v) is 13.5. The molecule has 0 saturated carbocycles. The van der Waals surface area contributed by atoms with E-state index in [4.69, 9.17) is 28.9 Å². The second-order valence-corrected chi connectivity index (χ2v) is 10.6. The standard InChI is InChI=1S/C29H32Cl2N4O3/c30-23-15-24(31)17-26(16-23)33-28(37)19-35(29(38)10-12-34-11-9-27(36)18-34)13-8-20-4-6-21(7-5-20)22-2-1-3-25(32)14-22/h1-7,14-17,27,36H,8-13,18-19,32H2,(H,33,37)/p+1/t27-/m1/s1. The number of aliphatic hydroxyl groups is 1. The van der Waals surface area contributed by atoms with E-state index in [-0.39, 0.29) is 30.9 Å². The summed E-state index contributed by atoms with van der Waals surface area (Å²) in [5.74, 6) is -0.293. The molecule has 1 saturated heterocycles. The zero-order valence-electron chi connectivity index (χ0n) is 21.2. The first-order chi connectivity index (χ1) is 18.2. The molecule has 3 aromatic carbocycles. The smallest absolute Gasteiger partial charge is 0.334 e. The van der Waals surface area contributed by atoms with Gasteiger partial charge in [-0.05, 0) is 47.7 Å². The van der Waals surface area contributed by atoms with Gasteiger partial charge in [-0.2, -0.15) is 0 Å². The number of nitrogens with zero attached hydrogens (tertiary/aromatic N) is 2. The van der Waals surface area contributed by atoms with Crippen LogP contribution in [0.4, 0.5) is 11.4 Å². The summed E-state index contributed by atoms with van der Waals surface area (Å²) in [7, 11) is 0. The summed E-state index contributed by atoms with van der Waals surface area (Å²) in [6.45, 7) is 2.29. The normalized spacial score (nSPS) is 15.5. The number of rotatable bonds is 10. The molecule has 4 rings (SSSR count). The van der Waals surface area contributed by atoms with Gasteiger partial charge in [0.05, 0.1) is 6.10 Å². The third kappa shape index (κ3) is 8.28. The number of primary amides is 1. The van der Waals surface area contributed by atoms with Gasteiger partial charge in [-0.25, -0.2) is 10.1 Å². The summed E-state index contributed by atoms with van der Waals surface area (Å²) in [4.78, 5) is 29.8. The van der Waals surface area contributed by atoms with Crippen LogP contribution in [-0.2, 0) is 16.0 Å². The molecule has 9 heteroatoms. The third-order valence-electron chi connectivity index (χ3n) is 6.65. The Hall–Kier alpha value is -2.94. The van der Waals surface area contributed by atoms with Gasteiger partial charge in [0.25, 0.3) is 0 Å². The van der Waals surface area contributed by atoms with Crippen LogP contribution in [0.3, 0.4) is 0 Å². The number of likely N-dealkylation sites (tertiary alicyclic amines) is 1. The van der Waals surface area contributed by atoms with Gasteiger partial charge >= 0.3 is 5.91 Å². The zero-order valence-corrected chi connectivity index (χ0v) is 22.7. The van der Waals surface area contributed by atoms with Crippen molar-refractivity contribution < 1.29 is 20.0 Å². The number of carbonyl (C=O) groups is 2. The molecule has 0 radical (unpaired) electrons. The molecule has 0 aliphatic carbocycles. The molecule has 200 valence electrons.